The van der Waals surface area contributed by atoms with Gasteiger partial charge in [-0.05, 0) is 17.9 Å². The summed E-state index contributed by atoms with van der Waals surface area (Å²) in [5.41, 5.74) is -0.0161. The van der Waals surface area contributed by atoms with Gasteiger partial charge in [0.25, 0.3) is 0 Å². The second-order valence-electron chi connectivity index (χ2n) is 2.88. The van der Waals surface area contributed by atoms with Crippen LogP contribution in [0.2, 0.25) is 0 Å². The normalized spacial score (nSPS) is 11.2. The molecule has 1 heterocycles. The Morgan fingerprint density at radius 2 is 2.00 bits per heavy atom. The van der Waals surface area contributed by atoms with E-state index in [4.69, 9.17) is 5.11 Å². The molecule has 0 atom stereocenters. The summed E-state index contributed by atoms with van der Waals surface area (Å²) in [4.78, 5) is 21.3. The highest BCUT2D eigenvalue weighted by molar-refractivity contribution is 7.15. The third-order valence-electron chi connectivity index (χ3n) is 1.67. The zero-order chi connectivity index (χ0) is 12.5. The number of hydrogen-bond donors (Lipinski definition) is 2. The van der Waals surface area contributed by atoms with Crippen LogP contribution in [0.25, 0.3) is 0 Å². The minimum absolute atomic E-state index is 0.301. The van der Waals surface area contributed by atoms with Crippen molar-refractivity contribution in [3.05, 3.63) is 16.5 Å². The van der Waals surface area contributed by atoms with E-state index in [-0.39, 0.29) is 10.6 Å². The van der Waals surface area contributed by atoms with Gasteiger partial charge in [-0.2, -0.15) is 13.2 Å². The van der Waals surface area contributed by atoms with Crippen LogP contribution in [-0.4, -0.2) is 23.2 Å². The first kappa shape index (κ1) is 12.5. The van der Waals surface area contributed by atoms with Gasteiger partial charge in [-0.3, -0.25) is 4.79 Å². The number of alkyl halides is 3. The molecular weight excluding hydrogens is 247 g/mol. The fourth-order valence-electron chi connectivity index (χ4n) is 0.976. The molecule has 1 aromatic heterocycles. The van der Waals surface area contributed by atoms with Gasteiger partial charge >= 0.3 is 18.1 Å². The van der Waals surface area contributed by atoms with Crippen LogP contribution < -0.4 is 5.32 Å². The lowest BCUT2D eigenvalue weighted by molar-refractivity contribution is -0.167. The second kappa shape index (κ2) is 4.12. The summed E-state index contributed by atoms with van der Waals surface area (Å²) in [5.74, 6) is -3.56. The first-order valence-corrected chi connectivity index (χ1v) is 4.81. The number of carboxylic acid groups (broad SMARTS) is 1. The first-order chi connectivity index (χ1) is 7.23. The lowest BCUT2D eigenvalue weighted by Gasteiger charge is -2.06. The fraction of sp³-hybridized carbons (Fsp3) is 0.250. The van der Waals surface area contributed by atoms with E-state index < -0.39 is 18.1 Å². The van der Waals surface area contributed by atoms with Crippen molar-refractivity contribution in [1.82, 2.24) is 0 Å². The number of hydrogen-bond acceptors (Lipinski definition) is 3. The SMILES string of the molecule is Cc1csc(NC(=O)C(F)(F)F)c1C(=O)O. The van der Waals surface area contributed by atoms with Crippen LogP contribution in [0.5, 0.6) is 0 Å². The maximum absolute atomic E-state index is 11.9. The predicted molar refractivity (Wildman–Crippen MR) is 50.7 cm³/mol. The van der Waals surface area contributed by atoms with E-state index >= 15 is 0 Å². The number of aromatic carboxylic acids is 1. The Kier molecular flexibility index (Phi) is 3.22. The summed E-state index contributed by atoms with van der Waals surface area (Å²) in [6.07, 6.45) is -5.03. The Balaban J connectivity index is 2.99. The minimum atomic E-state index is -5.03. The van der Waals surface area contributed by atoms with Crippen molar-refractivity contribution in [2.75, 3.05) is 5.32 Å². The number of carbonyl (C=O) groups excluding carboxylic acids is 1. The van der Waals surface area contributed by atoms with Gasteiger partial charge in [-0.15, -0.1) is 11.3 Å². The number of thiophene rings is 1. The topological polar surface area (TPSA) is 66.4 Å². The number of carboxylic acids is 1. The molecule has 0 spiro atoms. The van der Waals surface area contributed by atoms with Crippen LogP contribution in [0.4, 0.5) is 18.2 Å². The largest absolute Gasteiger partial charge is 0.478 e. The zero-order valence-corrected chi connectivity index (χ0v) is 8.70. The average molecular weight is 253 g/mol. The molecule has 0 aliphatic heterocycles. The standard InChI is InChI=1S/C8H6F3NO3S/c1-3-2-16-5(4(3)6(13)14)12-7(15)8(9,10)11/h2H,1H3,(H,12,15)(H,13,14). The maximum Gasteiger partial charge on any atom is 0.471 e. The molecule has 8 heteroatoms. The van der Waals surface area contributed by atoms with Crippen LogP contribution in [0.3, 0.4) is 0 Å². The van der Waals surface area contributed by atoms with Crippen LogP contribution in [0.15, 0.2) is 5.38 Å². The van der Waals surface area contributed by atoms with E-state index in [0.29, 0.717) is 5.56 Å². The van der Waals surface area contributed by atoms with Crippen molar-refractivity contribution in [2.24, 2.45) is 0 Å². The summed E-state index contributed by atoms with van der Waals surface area (Å²) >= 11 is 0.736. The number of aryl methyl sites for hydroxylation is 1. The number of amides is 1. The number of carbonyl (C=O) groups is 2. The monoisotopic (exact) mass is 253 g/mol. The van der Waals surface area contributed by atoms with Crippen molar-refractivity contribution in [3.8, 4) is 0 Å². The highest BCUT2D eigenvalue weighted by Gasteiger charge is 2.39. The van der Waals surface area contributed by atoms with Crippen molar-refractivity contribution >= 4 is 28.2 Å². The number of anilines is 1. The average Bonchev–Trinajstić information content (AvgIpc) is 2.45. The van der Waals surface area contributed by atoms with Gasteiger partial charge in [0.05, 0.1) is 5.56 Å². The Morgan fingerprint density at radius 1 is 1.44 bits per heavy atom. The van der Waals surface area contributed by atoms with Gasteiger partial charge in [0.1, 0.15) is 5.00 Å². The third kappa shape index (κ3) is 2.51. The molecule has 0 aromatic carbocycles. The van der Waals surface area contributed by atoms with E-state index in [1.807, 2.05) is 0 Å². The van der Waals surface area contributed by atoms with Crippen LogP contribution in [0.1, 0.15) is 15.9 Å². The summed E-state index contributed by atoms with van der Waals surface area (Å²) in [7, 11) is 0. The summed E-state index contributed by atoms with van der Waals surface area (Å²) in [6.45, 7) is 1.43. The van der Waals surface area contributed by atoms with Crippen molar-refractivity contribution in [2.45, 2.75) is 13.1 Å². The molecular formula is C8H6F3NO3S. The fourth-order valence-corrected chi connectivity index (χ4v) is 1.91. The summed E-state index contributed by atoms with van der Waals surface area (Å²) in [5, 5.41) is 11.3. The van der Waals surface area contributed by atoms with E-state index in [2.05, 4.69) is 0 Å². The van der Waals surface area contributed by atoms with Gasteiger partial charge < -0.3 is 10.4 Å². The lowest BCUT2D eigenvalue weighted by atomic mass is 10.2. The molecule has 1 amide bonds. The van der Waals surface area contributed by atoms with Gasteiger partial charge in [0, 0.05) is 0 Å². The van der Waals surface area contributed by atoms with E-state index in [9.17, 15) is 22.8 Å². The highest BCUT2D eigenvalue weighted by atomic mass is 32.1. The smallest absolute Gasteiger partial charge is 0.471 e. The maximum atomic E-state index is 11.9. The van der Waals surface area contributed by atoms with E-state index in [1.54, 1.807) is 0 Å². The van der Waals surface area contributed by atoms with Gasteiger partial charge in [-0.25, -0.2) is 4.79 Å². The van der Waals surface area contributed by atoms with E-state index in [1.165, 1.54) is 17.6 Å². The molecule has 16 heavy (non-hydrogen) atoms. The van der Waals surface area contributed by atoms with Crippen molar-refractivity contribution in [1.29, 1.82) is 0 Å². The van der Waals surface area contributed by atoms with Crippen LogP contribution in [-0.2, 0) is 4.79 Å². The Bertz CT molecular complexity index is 438. The summed E-state index contributed by atoms with van der Waals surface area (Å²) < 4.78 is 35.8. The number of nitrogens with one attached hydrogen (secondary N) is 1. The highest BCUT2D eigenvalue weighted by Crippen LogP contribution is 2.29. The first-order valence-electron chi connectivity index (χ1n) is 3.93. The van der Waals surface area contributed by atoms with Crippen LogP contribution >= 0.6 is 11.3 Å². The summed E-state index contributed by atoms with van der Waals surface area (Å²) in [6, 6.07) is 0. The van der Waals surface area contributed by atoms with Gasteiger partial charge in [0.15, 0.2) is 0 Å². The molecule has 0 aliphatic carbocycles. The Hall–Kier alpha value is -1.57. The molecule has 1 aromatic rings. The molecule has 0 bridgehead atoms. The quantitative estimate of drug-likeness (QED) is 0.849. The molecule has 4 nitrogen and oxygen atoms in total. The number of halogens is 3. The molecule has 0 aliphatic rings. The zero-order valence-electron chi connectivity index (χ0n) is 7.88. The molecule has 88 valence electrons. The minimum Gasteiger partial charge on any atom is -0.478 e. The van der Waals surface area contributed by atoms with Crippen molar-refractivity contribution in [3.63, 3.8) is 0 Å². The lowest BCUT2D eigenvalue weighted by Crippen LogP contribution is -2.30. The Labute approximate surface area is 91.7 Å². The molecule has 1 rings (SSSR count). The molecule has 0 saturated carbocycles. The van der Waals surface area contributed by atoms with E-state index in [0.717, 1.165) is 11.3 Å². The second-order valence-corrected chi connectivity index (χ2v) is 3.76. The Morgan fingerprint density at radius 3 is 2.44 bits per heavy atom. The molecule has 0 unspecified atom stereocenters. The third-order valence-corrected chi connectivity index (χ3v) is 2.69. The molecule has 2 N–H and O–H groups in total. The predicted octanol–water partition coefficient (Wildman–Crippen LogP) is 2.26. The van der Waals surface area contributed by atoms with Gasteiger partial charge in [-0.1, -0.05) is 0 Å². The molecule has 0 saturated heterocycles. The van der Waals surface area contributed by atoms with Crippen molar-refractivity contribution < 1.29 is 27.9 Å². The van der Waals surface area contributed by atoms with Crippen LogP contribution in [0, 0.1) is 6.92 Å². The molecule has 0 radical (unpaired) electrons. The van der Waals surface area contributed by atoms with Gasteiger partial charge in [0.2, 0.25) is 0 Å². The number of rotatable bonds is 2. The molecule has 0 fully saturated rings.